The number of halogens is 1. The number of nitrogens with zero attached hydrogens (tertiary/aromatic N) is 1. The molecule has 1 amide bonds. The van der Waals surface area contributed by atoms with Crippen molar-refractivity contribution in [1.29, 1.82) is 0 Å². The standard InChI is InChI=1S/C15H13BrN2O5/c1-22-13-6-3-9(7-14(13)23-2)15(19)17-12-8-10(18(20)21)4-5-11(12)16/h3-8H,1-2H3,(H,17,19). The number of hydrogen-bond acceptors (Lipinski definition) is 5. The zero-order valence-electron chi connectivity index (χ0n) is 12.3. The van der Waals surface area contributed by atoms with Crippen LogP contribution in [0.3, 0.4) is 0 Å². The minimum absolute atomic E-state index is 0.115. The van der Waals surface area contributed by atoms with Gasteiger partial charge in [-0.15, -0.1) is 0 Å². The molecule has 2 aromatic carbocycles. The van der Waals surface area contributed by atoms with Gasteiger partial charge in [-0.05, 0) is 40.2 Å². The number of anilines is 1. The van der Waals surface area contributed by atoms with Crippen molar-refractivity contribution in [2.45, 2.75) is 0 Å². The summed E-state index contributed by atoms with van der Waals surface area (Å²) in [5.41, 5.74) is 0.524. The van der Waals surface area contributed by atoms with E-state index in [9.17, 15) is 14.9 Å². The molecule has 120 valence electrons. The number of amides is 1. The first-order valence-corrected chi connectivity index (χ1v) is 7.23. The van der Waals surface area contributed by atoms with Crippen molar-refractivity contribution in [2.24, 2.45) is 0 Å². The molecule has 8 heteroatoms. The van der Waals surface area contributed by atoms with Crippen LogP contribution in [0.5, 0.6) is 11.5 Å². The van der Waals surface area contributed by atoms with Crippen LogP contribution in [0.2, 0.25) is 0 Å². The third kappa shape index (κ3) is 3.78. The van der Waals surface area contributed by atoms with Crippen LogP contribution in [0.25, 0.3) is 0 Å². The molecule has 0 aromatic heterocycles. The third-order valence-electron chi connectivity index (χ3n) is 3.05. The van der Waals surface area contributed by atoms with Gasteiger partial charge in [0.2, 0.25) is 0 Å². The highest BCUT2D eigenvalue weighted by molar-refractivity contribution is 9.10. The molecule has 2 rings (SSSR count). The van der Waals surface area contributed by atoms with Crippen LogP contribution in [-0.2, 0) is 0 Å². The Balaban J connectivity index is 2.29. The van der Waals surface area contributed by atoms with E-state index >= 15 is 0 Å². The van der Waals surface area contributed by atoms with E-state index in [1.807, 2.05) is 0 Å². The molecule has 0 saturated heterocycles. The van der Waals surface area contributed by atoms with Gasteiger partial charge in [0.15, 0.2) is 11.5 Å². The molecular formula is C15H13BrN2O5. The number of rotatable bonds is 5. The predicted octanol–water partition coefficient (Wildman–Crippen LogP) is 3.63. The zero-order chi connectivity index (χ0) is 17.0. The van der Waals surface area contributed by atoms with Crippen molar-refractivity contribution in [3.8, 4) is 11.5 Å². The predicted molar refractivity (Wildman–Crippen MR) is 88.3 cm³/mol. The molecular weight excluding hydrogens is 368 g/mol. The van der Waals surface area contributed by atoms with Crippen molar-refractivity contribution >= 4 is 33.2 Å². The van der Waals surface area contributed by atoms with Crippen molar-refractivity contribution < 1.29 is 19.2 Å². The molecule has 7 nitrogen and oxygen atoms in total. The maximum Gasteiger partial charge on any atom is 0.271 e. The van der Waals surface area contributed by atoms with Gasteiger partial charge in [0.25, 0.3) is 11.6 Å². The number of methoxy groups -OCH3 is 2. The molecule has 0 fully saturated rings. The minimum atomic E-state index is -0.529. The molecule has 0 unspecified atom stereocenters. The van der Waals surface area contributed by atoms with Gasteiger partial charge in [-0.1, -0.05) is 0 Å². The lowest BCUT2D eigenvalue weighted by Gasteiger charge is -2.10. The molecule has 0 aliphatic rings. The van der Waals surface area contributed by atoms with Crippen LogP contribution in [0.15, 0.2) is 40.9 Å². The maximum atomic E-state index is 12.3. The molecule has 0 saturated carbocycles. The van der Waals surface area contributed by atoms with Gasteiger partial charge in [0, 0.05) is 22.2 Å². The first-order chi connectivity index (χ1) is 11.0. The lowest BCUT2D eigenvalue weighted by atomic mass is 10.1. The lowest BCUT2D eigenvalue weighted by Crippen LogP contribution is -2.12. The fourth-order valence-corrected chi connectivity index (χ4v) is 2.24. The summed E-state index contributed by atoms with van der Waals surface area (Å²) in [6.45, 7) is 0. The molecule has 2 aromatic rings. The maximum absolute atomic E-state index is 12.3. The monoisotopic (exact) mass is 380 g/mol. The SMILES string of the molecule is COc1ccc(C(=O)Nc2cc([N+](=O)[O-])ccc2Br)cc1OC. The fraction of sp³-hybridized carbons (Fsp3) is 0.133. The normalized spacial score (nSPS) is 10.0. The van der Waals surface area contributed by atoms with Crippen LogP contribution in [0, 0.1) is 10.1 Å². The Hall–Kier alpha value is -2.61. The molecule has 0 aliphatic carbocycles. The average molecular weight is 381 g/mol. The van der Waals surface area contributed by atoms with Crippen LogP contribution in [0.4, 0.5) is 11.4 Å². The molecule has 0 radical (unpaired) electrons. The number of non-ortho nitro benzene ring substituents is 1. The van der Waals surface area contributed by atoms with Crippen LogP contribution >= 0.6 is 15.9 Å². The molecule has 0 bridgehead atoms. The second-order valence-electron chi connectivity index (χ2n) is 4.45. The Morgan fingerprint density at radius 3 is 2.43 bits per heavy atom. The smallest absolute Gasteiger partial charge is 0.271 e. The summed E-state index contributed by atoms with van der Waals surface area (Å²) >= 11 is 3.25. The number of hydrogen-bond donors (Lipinski definition) is 1. The number of carbonyl (C=O) groups excluding carboxylic acids is 1. The molecule has 0 atom stereocenters. The first-order valence-electron chi connectivity index (χ1n) is 6.43. The van der Waals surface area contributed by atoms with E-state index in [2.05, 4.69) is 21.2 Å². The van der Waals surface area contributed by atoms with E-state index in [1.165, 1.54) is 38.5 Å². The molecule has 1 N–H and O–H groups in total. The topological polar surface area (TPSA) is 90.7 Å². The number of nitro groups is 1. The first kappa shape index (κ1) is 16.8. The summed E-state index contributed by atoms with van der Waals surface area (Å²) in [6, 6.07) is 8.83. The van der Waals surface area contributed by atoms with Crippen LogP contribution in [-0.4, -0.2) is 25.1 Å². The number of ether oxygens (including phenoxy) is 2. The fourth-order valence-electron chi connectivity index (χ4n) is 1.89. The van der Waals surface area contributed by atoms with Crippen molar-refractivity contribution in [1.82, 2.24) is 0 Å². The third-order valence-corrected chi connectivity index (χ3v) is 3.75. The number of benzene rings is 2. The molecule has 0 aliphatic heterocycles. The Bertz CT molecular complexity index is 764. The largest absolute Gasteiger partial charge is 0.493 e. The highest BCUT2D eigenvalue weighted by Gasteiger charge is 2.15. The van der Waals surface area contributed by atoms with E-state index in [-0.39, 0.29) is 5.69 Å². The van der Waals surface area contributed by atoms with E-state index in [0.29, 0.717) is 27.2 Å². The Kier molecular flexibility index (Phi) is 5.17. The van der Waals surface area contributed by atoms with Crippen molar-refractivity contribution in [3.05, 3.63) is 56.5 Å². The summed E-state index contributed by atoms with van der Waals surface area (Å²) in [4.78, 5) is 22.6. The lowest BCUT2D eigenvalue weighted by molar-refractivity contribution is -0.384. The van der Waals surface area contributed by atoms with E-state index in [0.717, 1.165) is 0 Å². The summed E-state index contributed by atoms with van der Waals surface area (Å²) in [5, 5.41) is 13.4. The molecule has 0 heterocycles. The quantitative estimate of drug-likeness (QED) is 0.631. The van der Waals surface area contributed by atoms with Gasteiger partial charge in [-0.2, -0.15) is 0 Å². The van der Waals surface area contributed by atoms with Gasteiger partial charge in [0.1, 0.15) is 0 Å². The van der Waals surface area contributed by atoms with E-state index in [1.54, 1.807) is 12.1 Å². The number of nitrogens with one attached hydrogen (secondary N) is 1. The van der Waals surface area contributed by atoms with Gasteiger partial charge in [-0.3, -0.25) is 14.9 Å². The van der Waals surface area contributed by atoms with Gasteiger partial charge in [-0.25, -0.2) is 0 Å². The summed E-state index contributed by atoms with van der Waals surface area (Å²) < 4.78 is 10.8. The van der Waals surface area contributed by atoms with E-state index < -0.39 is 10.8 Å². The van der Waals surface area contributed by atoms with Crippen molar-refractivity contribution in [2.75, 3.05) is 19.5 Å². The second-order valence-corrected chi connectivity index (χ2v) is 5.30. The van der Waals surface area contributed by atoms with Crippen molar-refractivity contribution in [3.63, 3.8) is 0 Å². The zero-order valence-corrected chi connectivity index (χ0v) is 13.9. The number of nitro benzene ring substituents is 1. The van der Waals surface area contributed by atoms with Gasteiger partial charge < -0.3 is 14.8 Å². The summed E-state index contributed by atoms with van der Waals surface area (Å²) in [7, 11) is 2.97. The molecule has 23 heavy (non-hydrogen) atoms. The molecule has 0 spiro atoms. The average Bonchev–Trinajstić information content (AvgIpc) is 2.55. The Labute approximate surface area is 140 Å². The van der Waals surface area contributed by atoms with Crippen LogP contribution in [0.1, 0.15) is 10.4 Å². The Morgan fingerprint density at radius 2 is 1.83 bits per heavy atom. The second kappa shape index (κ2) is 7.10. The highest BCUT2D eigenvalue weighted by Crippen LogP contribution is 2.30. The van der Waals surface area contributed by atoms with Gasteiger partial charge in [0.05, 0.1) is 24.8 Å². The highest BCUT2D eigenvalue weighted by atomic mass is 79.9. The van der Waals surface area contributed by atoms with Gasteiger partial charge >= 0.3 is 0 Å². The summed E-state index contributed by atoms with van der Waals surface area (Å²) in [6.07, 6.45) is 0. The minimum Gasteiger partial charge on any atom is -0.493 e. The van der Waals surface area contributed by atoms with E-state index in [4.69, 9.17) is 9.47 Å². The summed E-state index contributed by atoms with van der Waals surface area (Å²) in [5.74, 6) is 0.492. The number of carbonyl (C=O) groups is 1. The Morgan fingerprint density at radius 1 is 1.13 bits per heavy atom. The van der Waals surface area contributed by atoms with Crippen LogP contribution < -0.4 is 14.8 Å².